The number of piperidine rings is 3. The van der Waals surface area contributed by atoms with Crippen molar-refractivity contribution in [2.24, 2.45) is 11.8 Å². The fourth-order valence-electron chi connectivity index (χ4n) is 6.81. The second kappa shape index (κ2) is 9.60. The lowest BCUT2D eigenvalue weighted by atomic mass is 9.73. The summed E-state index contributed by atoms with van der Waals surface area (Å²) in [5.41, 5.74) is -0.417. The largest absolute Gasteiger partial charge is 0.484 e. The summed E-state index contributed by atoms with van der Waals surface area (Å²) >= 11 is 0. The van der Waals surface area contributed by atoms with Crippen molar-refractivity contribution in [2.45, 2.75) is 63.2 Å². The van der Waals surface area contributed by atoms with Gasteiger partial charge in [0.1, 0.15) is 18.1 Å². The highest BCUT2D eigenvalue weighted by Gasteiger charge is 2.49. The van der Waals surface area contributed by atoms with Crippen LogP contribution in [0.15, 0.2) is 59.1 Å². The van der Waals surface area contributed by atoms with Crippen molar-refractivity contribution < 1.29 is 23.2 Å². The van der Waals surface area contributed by atoms with Gasteiger partial charge in [-0.3, -0.25) is 0 Å². The molecule has 6 nitrogen and oxygen atoms in total. The van der Waals surface area contributed by atoms with E-state index < -0.39 is 5.60 Å². The summed E-state index contributed by atoms with van der Waals surface area (Å²) in [5, 5.41) is 16.5. The van der Waals surface area contributed by atoms with Gasteiger partial charge in [-0.2, -0.15) is 4.98 Å². The lowest BCUT2D eigenvalue weighted by Gasteiger charge is -2.51. The number of aromatic nitrogens is 2. The van der Waals surface area contributed by atoms with Gasteiger partial charge in [-0.25, -0.2) is 4.39 Å². The van der Waals surface area contributed by atoms with Crippen LogP contribution in [0.4, 0.5) is 4.39 Å². The van der Waals surface area contributed by atoms with Gasteiger partial charge in [0.25, 0.3) is 5.89 Å². The van der Waals surface area contributed by atoms with Crippen molar-refractivity contribution in [1.82, 2.24) is 10.1 Å². The predicted molar refractivity (Wildman–Crippen MR) is 132 cm³/mol. The molecule has 1 aliphatic carbocycles. The summed E-state index contributed by atoms with van der Waals surface area (Å²) in [7, 11) is 0. The number of hydrogen-bond donors (Lipinski definition) is 1. The van der Waals surface area contributed by atoms with Gasteiger partial charge in [0.15, 0.2) is 18.2 Å². The van der Waals surface area contributed by atoms with E-state index in [4.69, 9.17) is 14.2 Å². The molecule has 3 saturated heterocycles. The second-order valence-corrected chi connectivity index (χ2v) is 11.1. The maximum absolute atomic E-state index is 13.7. The third kappa shape index (κ3) is 4.43. The Kier molecular flexibility index (Phi) is 6.30. The van der Waals surface area contributed by atoms with Crippen molar-refractivity contribution in [3.8, 4) is 5.75 Å². The number of rotatable bonds is 7. The van der Waals surface area contributed by atoms with Gasteiger partial charge >= 0.3 is 0 Å². The molecule has 7 rings (SSSR count). The maximum atomic E-state index is 13.7. The Balaban J connectivity index is 1.23. The Morgan fingerprint density at radius 3 is 2.53 bits per heavy atom. The minimum Gasteiger partial charge on any atom is -0.484 e. The zero-order valence-electron chi connectivity index (χ0n) is 20.7. The number of quaternary nitrogens is 1. The second-order valence-electron chi connectivity index (χ2n) is 11.1. The summed E-state index contributed by atoms with van der Waals surface area (Å²) in [6.45, 7) is 3.54. The minimum atomic E-state index is -1.25. The molecule has 2 unspecified atom stereocenters. The van der Waals surface area contributed by atoms with Crippen LogP contribution in [0.25, 0.3) is 0 Å². The minimum absolute atomic E-state index is 0.0418. The number of fused-ring (bicyclic) bond motifs is 3. The Morgan fingerprint density at radius 2 is 1.78 bits per heavy atom. The molecule has 4 fully saturated rings. The highest BCUT2D eigenvalue weighted by molar-refractivity contribution is 5.30. The lowest BCUT2D eigenvalue weighted by molar-refractivity contribution is -0.959. The molecule has 4 aliphatic rings. The van der Waals surface area contributed by atoms with Crippen molar-refractivity contribution in [3.05, 3.63) is 77.7 Å². The molecule has 0 spiro atoms. The summed E-state index contributed by atoms with van der Waals surface area (Å²) in [6, 6.07) is 16.2. The molecule has 1 N–H and O–H groups in total. The Labute approximate surface area is 211 Å². The molecular weight excluding hydrogens is 457 g/mol. The summed E-state index contributed by atoms with van der Waals surface area (Å²) in [6.07, 6.45) is 7.51. The molecule has 7 heteroatoms. The highest BCUT2D eigenvalue weighted by Crippen LogP contribution is 2.43. The molecule has 3 aromatic rings. The van der Waals surface area contributed by atoms with Gasteiger partial charge in [0, 0.05) is 24.8 Å². The third-order valence-electron chi connectivity index (χ3n) is 8.81. The van der Waals surface area contributed by atoms with Gasteiger partial charge in [-0.05, 0) is 36.5 Å². The number of nitrogens with zero attached hydrogens (tertiary/aromatic N) is 3. The average Bonchev–Trinajstić information content (AvgIpc) is 3.38. The smallest absolute Gasteiger partial charge is 0.282 e. The van der Waals surface area contributed by atoms with Crippen molar-refractivity contribution in [1.29, 1.82) is 0 Å². The number of benzene rings is 2. The van der Waals surface area contributed by atoms with E-state index in [-0.39, 0.29) is 17.8 Å². The third-order valence-corrected chi connectivity index (χ3v) is 8.81. The Hall–Kier alpha value is -2.77. The molecule has 0 amide bonds. The average molecular weight is 493 g/mol. The quantitative estimate of drug-likeness (QED) is 0.459. The molecule has 1 saturated carbocycles. The van der Waals surface area contributed by atoms with Gasteiger partial charge in [0.2, 0.25) is 5.82 Å². The molecule has 36 heavy (non-hydrogen) atoms. The monoisotopic (exact) mass is 492 g/mol. The van der Waals surface area contributed by atoms with Gasteiger partial charge in [0.05, 0.1) is 13.1 Å². The molecule has 2 aromatic carbocycles. The van der Waals surface area contributed by atoms with Crippen LogP contribution in [-0.2, 0) is 12.1 Å². The van der Waals surface area contributed by atoms with Crippen LogP contribution in [0.2, 0.25) is 0 Å². The molecule has 4 heterocycles. The van der Waals surface area contributed by atoms with Gasteiger partial charge in [-0.1, -0.05) is 60.8 Å². The molecule has 2 atom stereocenters. The van der Waals surface area contributed by atoms with E-state index in [0.29, 0.717) is 29.9 Å². The van der Waals surface area contributed by atoms with Crippen molar-refractivity contribution in [3.63, 3.8) is 0 Å². The van der Waals surface area contributed by atoms with Crippen LogP contribution in [0, 0.1) is 17.7 Å². The molecule has 1 aromatic heterocycles. The van der Waals surface area contributed by atoms with Crippen LogP contribution >= 0.6 is 0 Å². The standard InChI is InChI=1S/C29H35FN3O3/c30-24-12-7-13-25(18-24)35-26-19-33(16-14-21(26)15-17-33)20-27-31-28(32-36-27)29(34,22-8-3-1-4-9-22)23-10-5-2-6-11-23/h1,3-4,7-9,12-13,18,21,23,26,34H,2,5-6,10-11,14-17,19-20H2/q+1. The van der Waals surface area contributed by atoms with Crippen LogP contribution in [0.3, 0.4) is 0 Å². The number of aliphatic hydroxyl groups is 1. The summed E-state index contributed by atoms with van der Waals surface area (Å²) in [5.74, 6) is 1.82. The molecular formula is C29H35FN3O3+. The summed E-state index contributed by atoms with van der Waals surface area (Å²) in [4.78, 5) is 4.83. The Bertz CT molecular complexity index is 1170. The van der Waals surface area contributed by atoms with E-state index >= 15 is 0 Å². The van der Waals surface area contributed by atoms with Crippen LogP contribution in [0.5, 0.6) is 5.75 Å². The Morgan fingerprint density at radius 1 is 1.00 bits per heavy atom. The van der Waals surface area contributed by atoms with E-state index in [1.54, 1.807) is 6.07 Å². The van der Waals surface area contributed by atoms with E-state index in [1.165, 1.54) is 18.6 Å². The van der Waals surface area contributed by atoms with Gasteiger partial charge in [-0.15, -0.1) is 0 Å². The fraction of sp³-hybridized carbons (Fsp3) is 0.517. The molecule has 0 radical (unpaired) electrons. The number of ether oxygens (including phenoxy) is 1. The first-order valence-corrected chi connectivity index (χ1v) is 13.4. The van der Waals surface area contributed by atoms with Crippen molar-refractivity contribution >= 4 is 0 Å². The number of halogens is 1. The zero-order valence-corrected chi connectivity index (χ0v) is 20.7. The first kappa shape index (κ1) is 23.6. The zero-order chi connectivity index (χ0) is 24.6. The van der Waals surface area contributed by atoms with Crippen LogP contribution < -0.4 is 4.74 Å². The summed E-state index contributed by atoms with van der Waals surface area (Å²) < 4.78 is 26.6. The molecule has 2 bridgehead atoms. The first-order chi connectivity index (χ1) is 17.5. The highest BCUT2D eigenvalue weighted by atomic mass is 19.1. The maximum Gasteiger partial charge on any atom is 0.282 e. The normalized spacial score (nSPS) is 28.1. The van der Waals surface area contributed by atoms with Gasteiger partial charge < -0.3 is 18.8 Å². The number of hydrogen-bond acceptors (Lipinski definition) is 5. The van der Waals surface area contributed by atoms with E-state index in [1.807, 2.05) is 36.4 Å². The van der Waals surface area contributed by atoms with Crippen molar-refractivity contribution in [2.75, 3.05) is 19.6 Å². The topological polar surface area (TPSA) is 68.4 Å². The van der Waals surface area contributed by atoms with E-state index in [0.717, 1.165) is 68.2 Å². The fourth-order valence-corrected chi connectivity index (χ4v) is 6.81. The lowest BCUT2D eigenvalue weighted by Crippen LogP contribution is -2.64. The SMILES string of the molecule is OC(c1ccccc1)(c1noc(C[N+]23CCC(CC2)C(Oc2cccc(F)c2)C3)n1)C1CCCCC1. The van der Waals surface area contributed by atoms with E-state index in [2.05, 4.69) is 5.16 Å². The molecule has 3 aliphatic heterocycles. The van der Waals surface area contributed by atoms with Crippen LogP contribution in [0.1, 0.15) is 62.2 Å². The predicted octanol–water partition coefficient (Wildman–Crippen LogP) is 5.21. The van der Waals surface area contributed by atoms with E-state index in [9.17, 15) is 9.50 Å². The molecule has 190 valence electrons. The first-order valence-electron chi connectivity index (χ1n) is 13.4. The van der Waals surface area contributed by atoms with Crippen LogP contribution in [-0.4, -0.2) is 45.5 Å².